The summed E-state index contributed by atoms with van der Waals surface area (Å²) in [5, 5.41) is 9.43. The Bertz CT molecular complexity index is 737. The Morgan fingerprint density at radius 3 is 2.65 bits per heavy atom. The lowest BCUT2D eigenvalue weighted by Gasteiger charge is -2.11. The van der Waals surface area contributed by atoms with Crippen LogP contribution in [0.1, 0.15) is 18.2 Å². The van der Waals surface area contributed by atoms with Crippen molar-refractivity contribution in [3.63, 3.8) is 0 Å². The topological polar surface area (TPSA) is 28.7 Å². The minimum atomic E-state index is -4.32. The molecule has 0 spiro atoms. The van der Waals surface area contributed by atoms with Gasteiger partial charge in [0.15, 0.2) is 0 Å². The molecule has 5 heteroatoms. The minimum absolute atomic E-state index is 0.159. The van der Waals surface area contributed by atoms with Crippen molar-refractivity contribution in [1.29, 1.82) is 5.26 Å². The smallest absolute Gasteiger partial charge is 0.325 e. The normalized spacial score (nSPS) is 10.9. The Kier molecular flexibility index (Phi) is 3.72. The molecule has 2 aromatic rings. The molecule has 0 saturated carbocycles. The van der Waals surface area contributed by atoms with Gasteiger partial charge >= 0.3 is 6.18 Å². The second-order valence-corrected chi connectivity index (χ2v) is 4.29. The monoisotopic (exact) mass is 276 g/mol. The molecule has 0 saturated heterocycles. The highest BCUT2D eigenvalue weighted by molar-refractivity contribution is 5.86. The van der Waals surface area contributed by atoms with Crippen LogP contribution in [0, 0.1) is 23.2 Å². The third-order valence-corrected chi connectivity index (χ3v) is 2.90. The van der Waals surface area contributed by atoms with Crippen LogP contribution in [-0.2, 0) is 13.0 Å². The number of nitrogens with zero attached hydrogens (tertiary/aromatic N) is 2. The number of nitriles is 1. The number of aromatic nitrogens is 1. The first-order valence-electron chi connectivity index (χ1n) is 5.94. The Morgan fingerprint density at radius 2 is 2.05 bits per heavy atom. The summed E-state index contributed by atoms with van der Waals surface area (Å²) < 4.78 is 39.2. The maximum atomic E-state index is 12.7. The predicted octanol–water partition coefficient (Wildman–Crippen LogP) is 3.64. The molecule has 2 nitrogen and oxygen atoms in total. The van der Waals surface area contributed by atoms with E-state index < -0.39 is 12.7 Å². The van der Waals surface area contributed by atoms with Crippen molar-refractivity contribution in [2.45, 2.75) is 26.1 Å². The molecule has 0 fully saturated rings. The molecule has 0 radical (unpaired) electrons. The molecule has 0 unspecified atom stereocenters. The summed E-state index contributed by atoms with van der Waals surface area (Å²) in [4.78, 5) is 0. The van der Waals surface area contributed by atoms with Gasteiger partial charge in [-0.15, -0.1) is 0 Å². The number of hydrogen-bond acceptors (Lipinski definition) is 1. The van der Waals surface area contributed by atoms with E-state index in [4.69, 9.17) is 5.26 Å². The van der Waals surface area contributed by atoms with Crippen LogP contribution < -0.4 is 0 Å². The Morgan fingerprint density at radius 1 is 1.30 bits per heavy atom. The molecule has 0 amide bonds. The molecule has 0 aliphatic carbocycles. The zero-order valence-corrected chi connectivity index (χ0v) is 10.8. The Labute approximate surface area is 114 Å². The number of halogens is 3. The fourth-order valence-corrected chi connectivity index (χ4v) is 2.17. The maximum absolute atomic E-state index is 12.7. The van der Waals surface area contributed by atoms with Crippen molar-refractivity contribution in [1.82, 2.24) is 4.57 Å². The van der Waals surface area contributed by atoms with Crippen LogP contribution in [0.25, 0.3) is 10.9 Å². The second kappa shape index (κ2) is 5.30. The maximum Gasteiger partial charge on any atom is 0.406 e. The van der Waals surface area contributed by atoms with E-state index in [0.29, 0.717) is 22.2 Å². The van der Waals surface area contributed by atoms with Crippen LogP contribution in [0.15, 0.2) is 24.3 Å². The first kappa shape index (κ1) is 14.0. The van der Waals surface area contributed by atoms with Gasteiger partial charge in [-0.25, -0.2) is 0 Å². The highest BCUT2D eigenvalue weighted by Crippen LogP contribution is 2.27. The van der Waals surface area contributed by atoms with Gasteiger partial charge < -0.3 is 4.57 Å². The molecule has 102 valence electrons. The number of benzene rings is 1. The summed E-state index contributed by atoms with van der Waals surface area (Å²) in [5.74, 6) is 5.31. The summed E-state index contributed by atoms with van der Waals surface area (Å²) in [6.45, 7) is 0.488. The SMILES string of the molecule is CC#Cc1cc2c(CC#N)cccc2n1CC(F)(F)F. The molecule has 0 N–H and O–H groups in total. The Hall–Kier alpha value is -2.40. The summed E-state index contributed by atoms with van der Waals surface area (Å²) in [6, 6.07) is 8.65. The van der Waals surface area contributed by atoms with Crippen LogP contribution in [0.2, 0.25) is 0 Å². The van der Waals surface area contributed by atoms with Crippen molar-refractivity contribution >= 4 is 10.9 Å². The van der Waals surface area contributed by atoms with Crippen LogP contribution in [0.3, 0.4) is 0 Å². The Balaban J connectivity index is 2.69. The van der Waals surface area contributed by atoms with E-state index in [1.165, 1.54) is 0 Å². The summed E-state index contributed by atoms with van der Waals surface area (Å²) >= 11 is 0. The minimum Gasteiger partial charge on any atom is -0.325 e. The van der Waals surface area contributed by atoms with E-state index in [9.17, 15) is 13.2 Å². The lowest BCUT2D eigenvalue weighted by molar-refractivity contribution is -0.140. The predicted molar refractivity (Wildman–Crippen MR) is 69.9 cm³/mol. The zero-order valence-electron chi connectivity index (χ0n) is 10.8. The van der Waals surface area contributed by atoms with Crippen LogP contribution in [0.5, 0.6) is 0 Å². The highest BCUT2D eigenvalue weighted by Gasteiger charge is 2.29. The van der Waals surface area contributed by atoms with E-state index in [2.05, 4.69) is 11.8 Å². The average molecular weight is 276 g/mol. The molecular formula is C15H11F3N2. The first-order chi connectivity index (χ1) is 9.46. The van der Waals surface area contributed by atoms with Gasteiger partial charge in [-0.2, -0.15) is 18.4 Å². The van der Waals surface area contributed by atoms with Gasteiger partial charge in [0, 0.05) is 10.9 Å². The van der Waals surface area contributed by atoms with Gasteiger partial charge in [0.2, 0.25) is 0 Å². The van der Waals surface area contributed by atoms with E-state index in [-0.39, 0.29) is 6.42 Å². The number of rotatable bonds is 2. The largest absolute Gasteiger partial charge is 0.406 e. The van der Waals surface area contributed by atoms with Crippen molar-refractivity contribution in [2.75, 3.05) is 0 Å². The molecule has 0 atom stereocenters. The first-order valence-corrected chi connectivity index (χ1v) is 5.94. The number of alkyl halides is 3. The molecule has 0 aliphatic rings. The lowest BCUT2D eigenvalue weighted by Crippen LogP contribution is -2.18. The van der Waals surface area contributed by atoms with Crippen molar-refractivity contribution in [3.8, 4) is 17.9 Å². The van der Waals surface area contributed by atoms with Gasteiger partial charge in [0.25, 0.3) is 0 Å². The summed E-state index contributed by atoms with van der Waals surface area (Å²) in [5.41, 5.74) is 1.48. The van der Waals surface area contributed by atoms with E-state index in [0.717, 1.165) is 4.57 Å². The van der Waals surface area contributed by atoms with Crippen molar-refractivity contribution in [2.24, 2.45) is 0 Å². The highest BCUT2D eigenvalue weighted by atomic mass is 19.4. The summed E-state index contributed by atoms with van der Waals surface area (Å²) in [6.07, 6.45) is -4.16. The molecule has 1 heterocycles. The quantitative estimate of drug-likeness (QED) is 0.770. The van der Waals surface area contributed by atoms with Crippen LogP contribution in [-0.4, -0.2) is 10.7 Å². The molecule has 0 aliphatic heterocycles. The van der Waals surface area contributed by atoms with Gasteiger partial charge in [-0.05, 0) is 30.5 Å². The van der Waals surface area contributed by atoms with Gasteiger partial charge in [0.05, 0.1) is 18.2 Å². The third kappa shape index (κ3) is 2.78. The van der Waals surface area contributed by atoms with Gasteiger partial charge in [0.1, 0.15) is 6.54 Å². The molecule has 1 aromatic carbocycles. The fraction of sp³-hybridized carbons (Fsp3) is 0.267. The molecular weight excluding hydrogens is 265 g/mol. The second-order valence-electron chi connectivity index (χ2n) is 4.29. The molecule has 0 bridgehead atoms. The van der Waals surface area contributed by atoms with Crippen molar-refractivity contribution < 1.29 is 13.2 Å². The van der Waals surface area contributed by atoms with Crippen LogP contribution in [0.4, 0.5) is 13.2 Å². The summed E-state index contributed by atoms with van der Waals surface area (Å²) in [7, 11) is 0. The van der Waals surface area contributed by atoms with Crippen LogP contribution >= 0.6 is 0 Å². The molecule has 2 rings (SSSR count). The standard InChI is InChI=1S/C15H11F3N2/c1-2-4-12-9-13-11(7-8-19)5-3-6-14(13)20(12)10-15(16,17)18/h3,5-6,9H,7,10H2,1H3. The van der Waals surface area contributed by atoms with E-state index >= 15 is 0 Å². The zero-order chi connectivity index (χ0) is 14.8. The van der Waals surface area contributed by atoms with Gasteiger partial charge in [-0.3, -0.25) is 0 Å². The fourth-order valence-electron chi connectivity index (χ4n) is 2.17. The third-order valence-electron chi connectivity index (χ3n) is 2.90. The van der Waals surface area contributed by atoms with Gasteiger partial charge in [-0.1, -0.05) is 18.1 Å². The lowest BCUT2D eigenvalue weighted by atomic mass is 10.1. The number of hydrogen-bond donors (Lipinski definition) is 0. The molecule has 20 heavy (non-hydrogen) atoms. The number of fused-ring (bicyclic) bond motifs is 1. The van der Waals surface area contributed by atoms with Crippen molar-refractivity contribution in [3.05, 3.63) is 35.5 Å². The van der Waals surface area contributed by atoms with E-state index in [1.54, 1.807) is 31.2 Å². The van der Waals surface area contributed by atoms with E-state index in [1.807, 2.05) is 6.07 Å². The molecule has 1 aromatic heterocycles. The average Bonchev–Trinajstić information content (AvgIpc) is 2.68.